The summed E-state index contributed by atoms with van der Waals surface area (Å²) in [6.45, 7) is 2.33. The first-order chi connectivity index (χ1) is 14.8. The summed E-state index contributed by atoms with van der Waals surface area (Å²) in [6.07, 6.45) is 3.99. The molecule has 1 atom stereocenters. The molecular weight excluding hydrogens is 394 g/mol. The maximum atomic E-state index is 12.8. The van der Waals surface area contributed by atoms with Gasteiger partial charge in [0.1, 0.15) is 5.82 Å². The van der Waals surface area contributed by atoms with Crippen molar-refractivity contribution in [3.63, 3.8) is 0 Å². The van der Waals surface area contributed by atoms with Crippen LogP contribution in [0, 0.1) is 22.7 Å². The lowest BCUT2D eigenvalue weighted by molar-refractivity contribution is 0.0660. The Balaban J connectivity index is 1.88. The Morgan fingerprint density at radius 1 is 1.16 bits per heavy atom. The molecule has 1 amide bonds. The second-order valence-corrected chi connectivity index (χ2v) is 8.59. The average molecular weight is 417 g/mol. The molecule has 1 aromatic heterocycles. The summed E-state index contributed by atoms with van der Waals surface area (Å²) in [7, 11) is 1.65. The van der Waals surface area contributed by atoms with Crippen LogP contribution in [0.2, 0.25) is 0 Å². The van der Waals surface area contributed by atoms with Gasteiger partial charge >= 0.3 is 5.56 Å². The van der Waals surface area contributed by atoms with Gasteiger partial charge in [0, 0.05) is 31.5 Å². The molecule has 8 heteroatoms. The smallest absolute Gasteiger partial charge is 0.315 e. The van der Waals surface area contributed by atoms with Gasteiger partial charge in [0.15, 0.2) is 5.69 Å². The van der Waals surface area contributed by atoms with Gasteiger partial charge in [-0.1, -0.05) is 12.8 Å². The number of amides is 1. The molecule has 2 aliphatic rings. The summed E-state index contributed by atoms with van der Waals surface area (Å²) < 4.78 is 1.67. The average Bonchev–Trinajstić information content (AvgIpc) is 3.24. The van der Waals surface area contributed by atoms with Gasteiger partial charge in [-0.25, -0.2) is 0 Å². The first kappa shape index (κ1) is 20.6. The van der Waals surface area contributed by atoms with Gasteiger partial charge in [0.25, 0.3) is 5.91 Å². The van der Waals surface area contributed by atoms with E-state index in [1.165, 1.54) is 4.90 Å². The number of rotatable bonds is 3. The van der Waals surface area contributed by atoms with E-state index in [0.717, 1.165) is 31.2 Å². The second kappa shape index (κ2) is 7.55. The summed E-state index contributed by atoms with van der Waals surface area (Å²) in [5, 5.41) is 29.1. The standard InChI is InChI=1S/C23H23N5O3/c1-14-13-28-18(26-21(30)20(29)19(28)22(31)27(14)2)10-23(5-3-4-6-23)17-8-15(11-24)7-16(9-17)12-25/h7-9,14,29H,3-6,10,13H2,1-2H3/t14-/m0/s1. The third-order valence-corrected chi connectivity index (χ3v) is 6.73. The summed E-state index contributed by atoms with van der Waals surface area (Å²) in [4.78, 5) is 30.9. The monoisotopic (exact) mass is 417 g/mol. The molecule has 8 nitrogen and oxygen atoms in total. The number of benzene rings is 1. The van der Waals surface area contributed by atoms with Crippen LogP contribution in [0.1, 0.15) is 65.6 Å². The third-order valence-electron chi connectivity index (χ3n) is 6.73. The van der Waals surface area contributed by atoms with Gasteiger partial charge in [-0.3, -0.25) is 9.59 Å². The summed E-state index contributed by atoms with van der Waals surface area (Å²) in [5.74, 6) is -0.573. The molecule has 0 radical (unpaired) electrons. The number of nitriles is 2. The Morgan fingerprint density at radius 3 is 2.35 bits per heavy atom. The van der Waals surface area contributed by atoms with Crippen LogP contribution in [-0.4, -0.2) is 38.6 Å². The van der Waals surface area contributed by atoms with Crippen LogP contribution < -0.4 is 5.56 Å². The predicted octanol–water partition coefficient (Wildman–Crippen LogP) is 2.22. The van der Waals surface area contributed by atoms with E-state index in [0.29, 0.717) is 29.9 Å². The SMILES string of the molecule is C[C@H]1Cn2c(CC3(c4cc(C#N)cc(C#N)c4)CCCC3)nc(=O)c(O)c2C(=O)N1C. The lowest BCUT2D eigenvalue weighted by Gasteiger charge is -2.36. The largest absolute Gasteiger partial charge is 0.501 e. The number of carbonyl (C=O) groups excluding carboxylic acids is 1. The minimum atomic E-state index is -0.811. The highest BCUT2D eigenvalue weighted by molar-refractivity contribution is 5.95. The highest BCUT2D eigenvalue weighted by Crippen LogP contribution is 2.44. The summed E-state index contributed by atoms with van der Waals surface area (Å²) >= 11 is 0. The number of aromatic hydroxyl groups is 1. The van der Waals surface area contributed by atoms with Crippen molar-refractivity contribution in [2.75, 3.05) is 7.05 Å². The number of aromatic nitrogens is 2. The first-order valence-electron chi connectivity index (χ1n) is 10.4. The molecule has 1 aromatic carbocycles. The van der Waals surface area contributed by atoms with Crippen molar-refractivity contribution in [3.05, 3.63) is 56.8 Å². The molecular formula is C23H23N5O3. The molecule has 1 aliphatic heterocycles. The second-order valence-electron chi connectivity index (χ2n) is 8.59. The molecule has 2 heterocycles. The van der Waals surface area contributed by atoms with Gasteiger partial charge < -0.3 is 14.6 Å². The Hall–Kier alpha value is -3.65. The molecule has 31 heavy (non-hydrogen) atoms. The first-order valence-corrected chi connectivity index (χ1v) is 10.4. The van der Waals surface area contributed by atoms with Gasteiger partial charge in [0.05, 0.1) is 23.3 Å². The number of hydrogen-bond acceptors (Lipinski definition) is 6. The van der Waals surface area contributed by atoms with E-state index in [9.17, 15) is 25.2 Å². The van der Waals surface area contributed by atoms with Crippen molar-refractivity contribution in [1.29, 1.82) is 10.5 Å². The molecule has 1 saturated carbocycles. The van der Waals surface area contributed by atoms with Gasteiger partial charge in [-0.05, 0) is 43.5 Å². The molecule has 0 unspecified atom stereocenters. The van der Waals surface area contributed by atoms with E-state index in [1.54, 1.807) is 17.7 Å². The Labute approximate surface area is 180 Å². The maximum absolute atomic E-state index is 12.8. The zero-order valence-corrected chi connectivity index (χ0v) is 17.6. The molecule has 1 fully saturated rings. The van der Waals surface area contributed by atoms with Crippen molar-refractivity contribution >= 4 is 5.91 Å². The van der Waals surface area contributed by atoms with Crippen LogP contribution in [0.3, 0.4) is 0 Å². The van der Waals surface area contributed by atoms with Crippen molar-refractivity contribution in [2.45, 2.75) is 57.0 Å². The molecule has 158 valence electrons. The van der Waals surface area contributed by atoms with Crippen molar-refractivity contribution in [1.82, 2.24) is 14.5 Å². The Bertz CT molecular complexity index is 1180. The van der Waals surface area contributed by atoms with E-state index in [2.05, 4.69) is 17.1 Å². The zero-order valence-electron chi connectivity index (χ0n) is 17.6. The number of carbonyl (C=O) groups is 1. The minimum absolute atomic E-state index is 0.0211. The third kappa shape index (κ3) is 3.34. The number of fused-ring (bicyclic) bond motifs is 1. The lowest BCUT2D eigenvalue weighted by Crippen LogP contribution is -2.47. The fraction of sp³-hybridized carbons (Fsp3) is 0.435. The lowest BCUT2D eigenvalue weighted by atomic mass is 9.75. The van der Waals surface area contributed by atoms with Crippen molar-refractivity contribution < 1.29 is 9.90 Å². The van der Waals surface area contributed by atoms with Gasteiger partial charge in [0.2, 0.25) is 5.75 Å². The van der Waals surface area contributed by atoms with Crippen LogP contribution >= 0.6 is 0 Å². The minimum Gasteiger partial charge on any atom is -0.501 e. The molecule has 0 spiro atoms. The topological polar surface area (TPSA) is 123 Å². The summed E-state index contributed by atoms with van der Waals surface area (Å²) in [6, 6.07) is 9.31. The predicted molar refractivity (Wildman–Crippen MR) is 111 cm³/mol. The van der Waals surface area contributed by atoms with Crippen LogP contribution in [0.15, 0.2) is 23.0 Å². The highest BCUT2D eigenvalue weighted by Gasteiger charge is 2.40. The van der Waals surface area contributed by atoms with Crippen molar-refractivity contribution in [2.24, 2.45) is 0 Å². The fourth-order valence-electron chi connectivity index (χ4n) is 4.88. The van der Waals surface area contributed by atoms with Crippen LogP contribution in [0.4, 0.5) is 0 Å². The molecule has 1 N–H and O–H groups in total. The number of likely N-dealkylation sites (N-methyl/N-ethyl adjacent to an activating group) is 1. The number of nitrogens with zero attached hydrogens (tertiary/aromatic N) is 5. The molecule has 0 bridgehead atoms. The number of hydrogen-bond donors (Lipinski definition) is 1. The van der Waals surface area contributed by atoms with E-state index in [1.807, 2.05) is 19.1 Å². The van der Waals surface area contributed by atoms with Crippen LogP contribution in [0.25, 0.3) is 0 Å². The van der Waals surface area contributed by atoms with Crippen LogP contribution in [0.5, 0.6) is 5.75 Å². The maximum Gasteiger partial charge on any atom is 0.315 e. The van der Waals surface area contributed by atoms with E-state index in [-0.39, 0.29) is 11.7 Å². The van der Waals surface area contributed by atoms with Gasteiger partial charge in [-0.15, -0.1) is 0 Å². The molecule has 1 aliphatic carbocycles. The van der Waals surface area contributed by atoms with E-state index < -0.39 is 22.6 Å². The quantitative estimate of drug-likeness (QED) is 0.817. The Morgan fingerprint density at radius 2 is 1.77 bits per heavy atom. The van der Waals surface area contributed by atoms with Crippen molar-refractivity contribution in [3.8, 4) is 17.9 Å². The fourth-order valence-corrected chi connectivity index (χ4v) is 4.88. The van der Waals surface area contributed by atoms with E-state index >= 15 is 0 Å². The van der Waals surface area contributed by atoms with Gasteiger partial charge in [-0.2, -0.15) is 15.5 Å². The molecule has 4 rings (SSSR count). The summed E-state index contributed by atoms with van der Waals surface area (Å²) in [5.41, 5.74) is 0.490. The normalized spacial score (nSPS) is 19.5. The van der Waals surface area contributed by atoms with E-state index in [4.69, 9.17) is 0 Å². The Kier molecular flexibility index (Phi) is 5.02. The highest BCUT2D eigenvalue weighted by atomic mass is 16.3. The molecule has 0 saturated heterocycles. The van der Waals surface area contributed by atoms with Crippen LogP contribution in [-0.2, 0) is 18.4 Å². The molecule has 2 aromatic rings. The zero-order chi connectivity index (χ0) is 22.3.